The van der Waals surface area contributed by atoms with E-state index in [1.54, 1.807) is 0 Å². The zero-order valence-corrected chi connectivity index (χ0v) is 16.4. The molecule has 0 radical (unpaired) electrons. The molecule has 0 saturated heterocycles. The molecule has 1 aromatic heterocycles. The second-order valence-corrected chi connectivity index (χ2v) is 8.54. The van der Waals surface area contributed by atoms with Gasteiger partial charge in [0, 0.05) is 4.53 Å². The highest BCUT2D eigenvalue weighted by Crippen LogP contribution is 2.37. The fraction of sp³-hybridized carbons (Fsp3) is 0.111. The lowest BCUT2D eigenvalue weighted by atomic mass is 9.85. The first-order valence-electron chi connectivity index (χ1n) is 9.98. The molecular weight excluding hydrogens is 356 g/mol. The Balaban J connectivity index is 1.72. The predicted molar refractivity (Wildman–Crippen MR) is 123 cm³/mol. The number of rotatable bonds is 1. The smallest absolute Gasteiger partial charge is 0.0383 e. The lowest BCUT2D eigenvalue weighted by Gasteiger charge is -2.18. The quantitative estimate of drug-likeness (QED) is 0.360. The number of hydrogen-bond acceptors (Lipinski definition) is 1. The topological polar surface area (TPSA) is 0 Å². The Hall–Kier alpha value is -2.90. The maximum atomic E-state index is 2.43. The first-order chi connectivity index (χ1) is 13.9. The van der Waals surface area contributed by atoms with Gasteiger partial charge in [-0.2, -0.15) is 0 Å². The molecule has 134 valence electrons. The third kappa shape index (κ3) is 2.36. The van der Waals surface area contributed by atoms with Crippen molar-refractivity contribution in [2.45, 2.75) is 19.3 Å². The lowest BCUT2D eigenvalue weighted by molar-refractivity contribution is 1.00. The van der Waals surface area contributed by atoms with Gasteiger partial charge in [0.25, 0.3) is 0 Å². The minimum absolute atomic E-state index is 0.984. The number of allylic oxidation sites excluding steroid dienone is 3. The zero-order valence-electron chi connectivity index (χ0n) is 15.6. The summed E-state index contributed by atoms with van der Waals surface area (Å²) in [5.41, 5.74) is 5.72. The monoisotopic (exact) mass is 376 g/mol. The molecule has 1 heterocycles. The van der Waals surface area contributed by atoms with Crippen LogP contribution >= 0.6 is 11.3 Å². The standard InChI is InChI=1S/C27H20S/c1-2-8-20(27-18(7-1)15-16-28-27)19-13-14-25-23-11-4-3-9-21(23)22-10-5-6-12-24(22)26(25)17-19/h1-2,4-7,10-17H,3,8-9H2. The highest BCUT2D eigenvalue weighted by Gasteiger charge is 2.15. The molecule has 0 spiro atoms. The van der Waals surface area contributed by atoms with Crippen LogP contribution in [-0.2, 0) is 6.42 Å². The van der Waals surface area contributed by atoms with E-state index < -0.39 is 0 Å². The van der Waals surface area contributed by atoms with Gasteiger partial charge in [0.2, 0.25) is 0 Å². The summed E-state index contributed by atoms with van der Waals surface area (Å²) in [4.78, 5) is 0. The molecular formula is C27H20S. The van der Waals surface area contributed by atoms with Crippen LogP contribution in [0.2, 0.25) is 0 Å². The molecule has 0 N–H and O–H groups in total. The molecule has 0 bridgehead atoms. The molecule has 3 aromatic carbocycles. The Morgan fingerprint density at radius 3 is 2.71 bits per heavy atom. The first kappa shape index (κ1) is 16.1. The summed E-state index contributed by atoms with van der Waals surface area (Å²) >= 11 is 1.85. The van der Waals surface area contributed by atoms with Gasteiger partial charge in [-0.15, -0.1) is 11.3 Å². The van der Waals surface area contributed by atoms with E-state index >= 15 is 0 Å². The average molecular weight is 377 g/mol. The third-order valence-corrected chi connectivity index (χ3v) is 7.06. The fourth-order valence-corrected chi connectivity index (χ4v) is 5.73. The molecule has 2 aliphatic rings. The van der Waals surface area contributed by atoms with Crippen LogP contribution in [0.15, 0.2) is 72.1 Å². The van der Waals surface area contributed by atoms with Crippen molar-refractivity contribution in [1.82, 2.24) is 0 Å². The number of hydrogen-bond donors (Lipinski definition) is 0. The van der Waals surface area contributed by atoms with E-state index in [0.29, 0.717) is 0 Å². The van der Waals surface area contributed by atoms with Gasteiger partial charge in [-0.25, -0.2) is 0 Å². The largest absolute Gasteiger partial charge is 0.143 e. The van der Waals surface area contributed by atoms with Crippen molar-refractivity contribution in [2.75, 3.05) is 0 Å². The maximum absolute atomic E-state index is 2.43. The maximum Gasteiger partial charge on any atom is 0.0383 e. The van der Waals surface area contributed by atoms with Gasteiger partial charge < -0.3 is 0 Å². The van der Waals surface area contributed by atoms with Gasteiger partial charge >= 0.3 is 0 Å². The Kier molecular flexibility index (Phi) is 3.63. The Bertz CT molecular complexity index is 1430. The van der Waals surface area contributed by atoms with Crippen LogP contribution in [0, 0.1) is 0 Å². The van der Waals surface area contributed by atoms with E-state index in [4.69, 9.17) is 0 Å². The number of benzene rings is 3. The summed E-state index contributed by atoms with van der Waals surface area (Å²) in [5.74, 6) is 0. The highest BCUT2D eigenvalue weighted by atomic mass is 32.1. The first-order valence-corrected chi connectivity index (χ1v) is 10.9. The third-order valence-electron chi connectivity index (χ3n) is 6.07. The molecule has 0 amide bonds. The molecule has 0 saturated carbocycles. The van der Waals surface area contributed by atoms with Gasteiger partial charge in [0.05, 0.1) is 0 Å². The Morgan fingerprint density at radius 1 is 0.821 bits per heavy atom. The summed E-state index contributed by atoms with van der Waals surface area (Å²) in [6, 6.07) is 18.3. The van der Waals surface area contributed by atoms with Crippen molar-refractivity contribution in [1.29, 1.82) is 0 Å². The highest BCUT2D eigenvalue weighted by molar-refractivity contribution is 7.07. The summed E-state index contributed by atoms with van der Waals surface area (Å²) in [6.07, 6.45) is 14.6. The summed E-state index contributed by atoms with van der Waals surface area (Å²) < 4.78 is 1.41. The van der Waals surface area contributed by atoms with Crippen LogP contribution in [0.5, 0.6) is 0 Å². The average Bonchev–Trinajstić information content (AvgIpc) is 3.13. The molecule has 0 fully saturated rings. The second-order valence-electron chi connectivity index (χ2n) is 7.62. The van der Waals surface area contributed by atoms with E-state index in [0.717, 1.165) is 19.3 Å². The molecule has 6 rings (SSSR count). The van der Waals surface area contributed by atoms with Crippen molar-refractivity contribution in [3.63, 3.8) is 0 Å². The SMILES string of the molecule is C1=CCC(c2ccc3c4c(c5ccccc5c3c2)CCC=C4)=c2sccc2=C1. The minimum atomic E-state index is 0.984. The van der Waals surface area contributed by atoms with E-state index in [9.17, 15) is 0 Å². The molecule has 0 atom stereocenters. The number of fused-ring (bicyclic) bond motifs is 7. The van der Waals surface area contributed by atoms with Crippen LogP contribution < -0.4 is 9.75 Å². The van der Waals surface area contributed by atoms with Gasteiger partial charge in [0.1, 0.15) is 0 Å². The molecule has 2 aliphatic carbocycles. The van der Waals surface area contributed by atoms with Gasteiger partial charge in [-0.05, 0) is 85.8 Å². The van der Waals surface area contributed by atoms with Crippen LogP contribution in [0.25, 0.3) is 39.3 Å². The molecule has 1 heteroatoms. The zero-order chi connectivity index (χ0) is 18.5. The van der Waals surface area contributed by atoms with Gasteiger partial charge in [0.15, 0.2) is 0 Å². The van der Waals surface area contributed by atoms with Crippen molar-refractivity contribution < 1.29 is 0 Å². The van der Waals surface area contributed by atoms with Crippen LogP contribution in [0.3, 0.4) is 0 Å². The predicted octanol–water partition coefficient (Wildman–Crippen LogP) is 5.95. The van der Waals surface area contributed by atoms with Crippen LogP contribution in [0.4, 0.5) is 0 Å². The summed E-state index contributed by atoms with van der Waals surface area (Å²) in [7, 11) is 0. The summed E-state index contributed by atoms with van der Waals surface area (Å²) in [6.45, 7) is 0. The van der Waals surface area contributed by atoms with Crippen LogP contribution in [-0.4, -0.2) is 0 Å². The van der Waals surface area contributed by atoms with Crippen molar-refractivity contribution in [3.05, 3.63) is 98.6 Å². The number of aryl methyl sites for hydroxylation is 1. The fourth-order valence-electron chi connectivity index (χ4n) is 4.76. The van der Waals surface area contributed by atoms with Gasteiger partial charge in [-0.3, -0.25) is 0 Å². The van der Waals surface area contributed by atoms with Gasteiger partial charge in [-0.1, -0.05) is 66.8 Å². The normalized spacial score (nSPS) is 15.4. The van der Waals surface area contributed by atoms with Crippen molar-refractivity contribution in [2.24, 2.45) is 0 Å². The lowest BCUT2D eigenvalue weighted by Crippen LogP contribution is -2.20. The second kappa shape index (κ2) is 6.32. The van der Waals surface area contributed by atoms with Crippen LogP contribution in [0.1, 0.15) is 29.5 Å². The molecule has 4 aromatic rings. The summed E-state index contributed by atoms with van der Waals surface area (Å²) in [5, 5.41) is 9.11. The van der Waals surface area contributed by atoms with E-state index in [1.165, 1.54) is 53.6 Å². The Morgan fingerprint density at radius 2 is 1.75 bits per heavy atom. The molecule has 28 heavy (non-hydrogen) atoms. The minimum Gasteiger partial charge on any atom is -0.143 e. The number of thiophene rings is 1. The van der Waals surface area contributed by atoms with E-state index in [-0.39, 0.29) is 0 Å². The van der Waals surface area contributed by atoms with E-state index in [1.807, 2.05) is 11.3 Å². The Labute approximate surface area is 168 Å². The van der Waals surface area contributed by atoms with E-state index in [2.05, 4.69) is 84.3 Å². The molecule has 0 unspecified atom stereocenters. The van der Waals surface area contributed by atoms with Crippen molar-refractivity contribution in [3.8, 4) is 0 Å². The molecule has 0 nitrogen and oxygen atoms in total. The van der Waals surface area contributed by atoms with Crippen molar-refractivity contribution >= 4 is 50.6 Å². The molecule has 0 aliphatic heterocycles.